The summed E-state index contributed by atoms with van der Waals surface area (Å²) in [5, 5.41) is 10.4. The molecule has 0 saturated heterocycles. The first-order valence-electron chi connectivity index (χ1n) is 5.77. The highest BCUT2D eigenvalue weighted by Crippen LogP contribution is 2.33. The van der Waals surface area contributed by atoms with Crippen molar-refractivity contribution < 1.29 is 9.90 Å². The molecule has 0 aliphatic rings. The quantitative estimate of drug-likeness (QED) is 0.741. The van der Waals surface area contributed by atoms with Crippen LogP contribution in [0.5, 0.6) is 0 Å². The second kappa shape index (κ2) is 4.55. The van der Waals surface area contributed by atoms with Gasteiger partial charge in [-0.15, -0.1) is 0 Å². The predicted octanol–water partition coefficient (Wildman–Crippen LogP) is 4.30. The average Bonchev–Trinajstić information content (AvgIpc) is 2.81. The van der Waals surface area contributed by atoms with Gasteiger partial charge in [0.2, 0.25) is 0 Å². The molecule has 1 aromatic heterocycles. The van der Waals surface area contributed by atoms with E-state index in [2.05, 4.69) is 20.9 Å². The number of aromatic carboxylic acids is 1. The van der Waals surface area contributed by atoms with Crippen LogP contribution in [0, 0.1) is 0 Å². The molecule has 1 heterocycles. The molecule has 0 atom stereocenters. The molecular formula is C15H10BrNO2. The van der Waals surface area contributed by atoms with E-state index in [0.29, 0.717) is 5.56 Å². The third kappa shape index (κ3) is 2.04. The fourth-order valence-corrected chi connectivity index (χ4v) is 2.76. The first-order valence-corrected chi connectivity index (χ1v) is 6.56. The van der Waals surface area contributed by atoms with E-state index in [1.165, 1.54) is 0 Å². The number of aromatic amines is 1. The Labute approximate surface area is 118 Å². The number of fused-ring (bicyclic) bond motifs is 1. The number of carboxylic acids is 1. The molecule has 3 nitrogen and oxygen atoms in total. The molecule has 0 fully saturated rings. The van der Waals surface area contributed by atoms with Gasteiger partial charge in [-0.3, -0.25) is 0 Å². The lowest BCUT2D eigenvalue weighted by molar-refractivity contribution is 0.0697. The predicted molar refractivity (Wildman–Crippen MR) is 78.4 cm³/mol. The minimum atomic E-state index is -0.935. The van der Waals surface area contributed by atoms with Gasteiger partial charge in [0.05, 0.1) is 5.56 Å². The zero-order valence-electron chi connectivity index (χ0n) is 9.85. The Kier molecular flexibility index (Phi) is 2.87. The third-order valence-corrected chi connectivity index (χ3v) is 3.70. The molecule has 0 radical (unpaired) electrons. The highest BCUT2D eigenvalue weighted by atomic mass is 79.9. The molecule has 19 heavy (non-hydrogen) atoms. The monoisotopic (exact) mass is 315 g/mol. The van der Waals surface area contributed by atoms with Crippen molar-refractivity contribution in [3.63, 3.8) is 0 Å². The number of H-pyrrole nitrogens is 1. The van der Waals surface area contributed by atoms with Crippen LogP contribution >= 0.6 is 15.9 Å². The fourth-order valence-electron chi connectivity index (χ4n) is 2.18. The van der Waals surface area contributed by atoms with Crippen molar-refractivity contribution in [2.24, 2.45) is 0 Å². The maximum Gasteiger partial charge on any atom is 0.336 e. The first kappa shape index (κ1) is 12.0. The van der Waals surface area contributed by atoms with Crippen LogP contribution in [0.15, 0.2) is 53.0 Å². The van der Waals surface area contributed by atoms with Crippen molar-refractivity contribution in [1.82, 2.24) is 4.98 Å². The van der Waals surface area contributed by atoms with Crippen LogP contribution in [0.25, 0.3) is 22.2 Å². The number of hydrogen-bond acceptors (Lipinski definition) is 1. The second-order valence-electron chi connectivity index (χ2n) is 4.24. The third-order valence-electron chi connectivity index (χ3n) is 3.04. The first-order chi connectivity index (χ1) is 9.16. The molecule has 3 rings (SSSR count). The Morgan fingerprint density at radius 2 is 1.89 bits per heavy atom. The van der Waals surface area contributed by atoms with Gasteiger partial charge in [0, 0.05) is 26.6 Å². The number of carbonyl (C=O) groups is 1. The number of rotatable bonds is 2. The lowest BCUT2D eigenvalue weighted by atomic mass is 10.0. The van der Waals surface area contributed by atoms with Crippen LogP contribution in [-0.2, 0) is 0 Å². The highest BCUT2D eigenvalue weighted by Gasteiger charge is 2.16. The van der Waals surface area contributed by atoms with E-state index in [9.17, 15) is 9.90 Å². The Bertz CT molecular complexity index is 744. The minimum absolute atomic E-state index is 0.279. The molecule has 4 heteroatoms. The summed E-state index contributed by atoms with van der Waals surface area (Å²) in [6, 6.07) is 15.0. The average molecular weight is 316 g/mol. The Morgan fingerprint density at radius 1 is 1.11 bits per heavy atom. The van der Waals surface area contributed by atoms with Gasteiger partial charge in [-0.05, 0) is 24.3 Å². The van der Waals surface area contributed by atoms with E-state index in [1.807, 2.05) is 36.4 Å². The fraction of sp³-hybridized carbons (Fsp3) is 0. The number of benzene rings is 2. The van der Waals surface area contributed by atoms with Gasteiger partial charge in [-0.25, -0.2) is 4.79 Å². The van der Waals surface area contributed by atoms with E-state index in [0.717, 1.165) is 21.1 Å². The van der Waals surface area contributed by atoms with Gasteiger partial charge in [0.1, 0.15) is 0 Å². The number of aromatic nitrogens is 1. The molecule has 2 aromatic carbocycles. The zero-order chi connectivity index (χ0) is 13.4. The van der Waals surface area contributed by atoms with Crippen molar-refractivity contribution >= 4 is 32.8 Å². The SMILES string of the molecule is O=C(O)c1cccc(Br)c1-c1cc2ccccc2[nH]1. The maximum atomic E-state index is 11.3. The van der Waals surface area contributed by atoms with E-state index >= 15 is 0 Å². The number of carboxylic acid groups (broad SMARTS) is 1. The van der Waals surface area contributed by atoms with E-state index in [4.69, 9.17) is 0 Å². The Hall–Kier alpha value is -2.07. The van der Waals surface area contributed by atoms with Crippen molar-refractivity contribution in [3.8, 4) is 11.3 Å². The smallest absolute Gasteiger partial charge is 0.336 e. The van der Waals surface area contributed by atoms with E-state index in [-0.39, 0.29) is 5.56 Å². The number of nitrogens with one attached hydrogen (secondary N) is 1. The molecule has 0 bridgehead atoms. The molecule has 0 spiro atoms. The van der Waals surface area contributed by atoms with Gasteiger partial charge in [-0.1, -0.05) is 40.2 Å². The summed E-state index contributed by atoms with van der Waals surface area (Å²) >= 11 is 3.43. The summed E-state index contributed by atoms with van der Waals surface area (Å²) in [6.07, 6.45) is 0. The minimum Gasteiger partial charge on any atom is -0.478 e. The zero-order valence-corrected chi connectivity index (χ0v) is 11.4. The molecule has 2 N–H and O–H groups in total. The number of hydrogen-bond donors (Lipinski definition) is 2. The summed E-state index contributed by atoms with van der Waals surface area (Å²) in [4.78, 5) is 14.6. The summed E-state index contributed by atoms with van der Waals surface area (Å²) in [6.45, 7) is 0. The largest absolute Gasteiger partial charge is 0.478 e. The van der Waals surface area contributed by atoms with Crippen LogP contribution in [0.1, 0.15) is 10.4 Å². The summed E-state index contributed by atoms with van der Waals surface area (Å²) in [7, 11) is 0. The summed E-state index contributed by atoms with van der Waals surface area (Å²) in [5.74, 6) is -0.935. The lowest BCUT2D eigenvalue weighted by Crippen LogP contribution is -2.00. The number of halogens is 1. The topological polar surface area (TPSA) is 53.1 Å². The van der Waals surface area contributed by atoms with Gasteiger partial charge in [0.15, 0.2) is 0 Å². The standard InChI is InChI=1S/C15H10BrNO2/c16-11-6-3-5-10(15(18)19)14(11)13-8-9-4-1-2-7-12(9)17-13/h1-8,17H,(H,18,19). The van der Waals surface area contributed by atoms with Crippen molar-refractivity contribution in [1.29, 1.82) is 0 Å². The van der Waals surface area contributed by atoms with Crippen LogP contribution in [0.3, 0.4) is 0 Å². The van der Waals surface area contributed by atoms with Gasteiger partial charge in [-0.2, -0.15) is 0 Å². The maximum absolute atomic E-state index is 11.3. The molecule has 94 valence electrons. The molecule has 0 aliphatic heterocycles. The van der Waals surface area contributed by atoms with Crippen LogP contribution in [0.4, 0.5) is 0 Å². The molecule has 0 aliphatic carbocycles. The van der Waals surface area contributed by atoms with Crippen molar-refractivity contribution in [2.75, 3.05) is 0 Å². The van der Waals surface area contributed by atoms with Crippen molar-refractivity contribution in [2.45, 2.75) is 0 Å². The lowest BCUT2D eigenvalue weighted by Gasteiger charge is -2.06. The summed E-state index contributed by atoms with van der Waals surface area (Å²) in [5.41, 5.74) is 2.74. The Morgan fingerprint density at radius 3 is 2.63 bits per heavy atom. The van der Waals surface area contributed by atoms with Gasteiger partial charge >= 0.3 is 5.97 Å². The normalized spacial score (nSPS) is 10.8. The molecule has 0 amide bonds. The molecular weight excluding hydrogens is 306 g/mol. The van der Waals surface area contributed by atoms with Crippen LogP contribution < -0.4 is 0 Å². The van der Waals surface area contributed by atoms with E-state index in [1.54, 1.807) is 12.1 Å². The van der Waals surface area contributed by atoms with Crippen LogP contribution in [0.2, 0.25) is 0 Å². The van der Waals surface area contributed by atoms with Gasteiger partial charge in [0.25, 0.3) is 0 Å². The van der Waals surface area contributed by atoms with Crippen molar-refractivity contribution in [3.05, 3.63) is 58.6 Å². The second-order valence-corrected chi connectivity index (χ2v) is 5.09. The van der Waals surface area contributed by atoms with Crippen LogP contribution in [-0.4, -0.2) is 16.1 Å². The molecule has 0 unspecified atom stereocenters. The molecule has 3 aromatic rings. The number of para-hydroxylation sites is 1. The van der Waals surface area contributed by atoms with Gasteiger partial charge < -0.3 is 10.1 Å². The van der Waals surface area contributed by atoms with E-state index < -0.39 is 5.97 Å². The Balaban J connectivity index is 2.29. The summed E-state index contributed by atoms with van der Waals surface area (Å²) < 4.78 is 0.763. The highest BCUT2D eigenvalue weighted by molar-refractivity contribution is 9.10. The molecule has 0 saturated carbocycles.